The second-order valence-corrected chi connectivity index (χ2v) is 13.3. The molecule has 0 aromatic rings. The second-order valence-electron chi connectivity index (χ2n) is 13.3. The fourth-order valence-corrected chi connectivity index (χ4v) is 6.56. The number of carbonyl (C=O) groups excluding carboxylic acids is 2. The molecule has 0 bridgehead atoms. The molecule has 0 amide bonds. The predicted molar refractivity (Wildman–Crippen MR) is 169 cm³/mol. The minimum absolute atomic E-state index is 0.0604. The molecule has 3 aliphatic rings. The highest BCUT2D eigenvalue weighted by molar-refractivity contribution is 5.70. The van der Waals surface area contributed by atoms with Crippen LogP contribution >= 0.6 is 0 Å². The Morgan fingerprint density at radius 3 is 2.64 bits per heavy atom. The minimum Gasteiger partial charge on any atom is -0.457 e. The van der Waals surface area contributed by atoms with E-state index in [9.17, 15) is 19.8 Å². The first kappa shape index (κ1) is 36.4. The third kappa shape index (κ3) is 9.71. The van der Waals surface area contributed by atoms with Crippen molar-refractivity contribution in [2.24, 2.45) is 11.8 Å². The Balaban J connectivity index is 1.83. The van der Waals surface area contributed by atoms with Gasteiger partial charge in [-0.2, -0.15) is 0 Å². The third-order valence-corrected chi connectivity index (χ3v) is 9.44. The van der Waals surface area contributed by atoms with E-state index < -0.39 is 35.9 Å². The molecule has 3 aliphatic heterocycles. The first-order valence-electron chi connectivity index (χ1n) is 16.2. The van der Waals surface area contributed by atoms with Crippen molar-refractivity contribution in [1.82, 2.24) is 10.6 Å². The summed E-state index contributed by atoms with van der Waals surface area (Å²) in [6.45, 7) is 14.9. The van der Waals surface area contributed by atoms with Gasteiger partial charge in [-0.1, -0.05) is 45.1 Å². The van der Waals surface area contributed by atoms with E-state index in [4.69, 9.17) is 18.9 Å². The minimum atomic E-state index is -1.41. The zero-order valence-corrected chi connectivity index (χ0v) is 27.9. The molecule has 3 rings (SSSR count). The smallest absolute Gasteiger partial charge is 0.309 e. The Bertz CT molecular complexity index is 1050. The molecular weight excluding hydrogens is 564 g/mol. The lowest BCUT2D eigenvalue weighted by molar-refractivity contribution is -0.157. The van der Waals surface area contributed by atoms with Gasteiger partial charge in [-0.25, -0.2) is 0 Å². The number of epoxide rings is 1. The van der Waals surface area contributed by atoms with Crippen LogP contribution in [0.5, 0.6) is 0 Å². The first-order valence-corrected chi connectivity index (χ1v) is 16.2. The van der Waals surface area contributed by atoms with Crippen LogP contribution < -0.4 is 10.6 Å². The third-order valence-electron chi connectivity index (χ3n) is 9.44. The van der Waals surface area contributed by atoms with Crippen LogP contribution in [0, 0.1) is 11.8 Å². The van der Waals surface area contributed by atoms with Gasteiger partial charge in [0.15, 0.2) is 0 Å². The number of allylic oxidation sites excluding steroid dienone is 2. The van der Waals surface area contributed by atoms with Crippen LogP contribution in [0.1, 0.15) is 80.6 Å². The molecular formula is C34H56N2O8. The lowest BCUT2D eigenvalue weighted by atomic mass is 9.85. The number of nitrogens with one attached hydrogen (secondary N) is 2. The summed E-state index contributed by atoms with van der Waals surface area (Å²) in [5, 5.41) is 29.0. The molecule has 0 spiro atoms. The maximum absolute atomic E-state index is 12.8. The van der Waals surface area contributed by atoms with E-state index in [1.165, 1.54) is 6.92 Å². The lowest BCUT2D eigenvalue weighted by Crippen LogP contribution is -2.58. The molecule has 0 aromatic heterocycles. The van der Waals surface area contributed by atoms with Crippen LogP contribution in [0.15, 0.2) is 36.0 Å². The first-order chi connectivity index (χ1) is 20.7. The molecule has 11 atom stereocenters. The SMILES string of the molecule is CC[C@H](OC)[C@@H](C)[C@H]1O[C@@H]1C1NCCCNC1(C)/C=C/C=C(\C)[C@H]1OC(=O)C[C@H](O)CC[C@@](C)(O)[C@@H](OC(C)=O)/C=C/[C@@H]1C. The molecule has 0 radical (unpaired) electrons. The molecule has 4 N–H and O–H groups in total. The van der Waals surface area contributed by atoms with Gasteiger partial charge in [0, 0.05) is 25.9 Å². The number of cyclic esters (lactones) is 1. The number of carbonyl (C=O) groups is 2. The number of ether oxygens (including phenoxy) is 4. The monoisotopic (exact) mass is 620 g/mol. The van der Waals surface area contributed by atoms with E-state index in [-0.39, 0.29) is 61.0 Å². The van der Waals surface area contributed by atoms with Gasteiger partial charge in [0.05, 0.1) is 36.3 Å². The summed E-state index contributed by atoms with van der Waals surface area (Å²) in [5.41, 5.74) is -0.983. The molecule has 2 fully saturated rings. The molecule has 10 heteroatoms. The van der Waals surface area contributed by atoms with Gasteiger partial charge in [0.1, 0.15) is 23.9 Å². The fourth-order valence-electron chi connectivity index (χ4n) is 6.56. The summed E-state index contributed by atoms with van der Waals surface area (Å²) in [4.78, 5) is 24.6. The van der Waals surface area contributed by atoms with Crippen LogP contribution in [0.2, 0.25) is 0 Å². The van der Waals surface area contributed by atoms with Gasteiger partial charge >= 0.3 is 11.9 Å². The summed E-state index contributed by atoms with van der Waals surface area (Å²) in [6, 6.07) is 0.0604. The standard InChI is InChI=1S/C34H56N2O8/c1-9-26(41-8)23(4)30-31(44-30)32-33(6,36-19-11-18-35-32)16-10-12-21(2)29-22(3)13-14-27(42-24(5)37)34(7,40)17-15-25(38)20-28(39)43-29/h10,12-14,16,22-23,25-27,29-32,35-36,38,40H,9,11,15,17-20H2,1-8H3/b14-13+,16-10+,21-12+/t22-,23+,25+,26-,27-,29+,30+,31-,32?,33?,34+/m0/s1. The Labute approximate surface area is 263 Å². The number of rotatable bonds is 9. The second kappa shape index (κ2) is 16.0. The summed E-state index contributed by atoms with van der Waals surface area (Å²) >= 11 is 0. The van der Waals surface area contributed by atoms with Crippen molar-refractivity contribution in [1.29, 1.82) is 0 Å². The molecule has 0 saturated carbocycles. The van der Waals surface area contributed by atoms with Crippen molar-refractivity contribution >= 4 is 11.9 Å². The molecule has 0 aliphatic carbocycles. The van der Waals surface area contributed by atoms with E-state index in [2.05, 4.69) is 37.5 Å². The van der Waals surface area contributed by atoms with Gasteiger partial charge in [0.25, 0.3) is 0 Å². The number of methoxy groups -OCH3 is 1. The van der Waals surface area contributed by atoms with E-state index >= 15 is 0 Å². The molecule has 10 nitrogen and oxygen atoms in total. The van der Waals surface area contributed by atoms with Crippen molar-refractivity contribution in [3.05, 3.63) is 36.0 Å². The zero-order chi connectivity index (χ0) is 32.7. The normalized spacial score (nSPS) is 39.7. The molecule has 44 heavy (non-hydrogen) atoms. The van der Waals surface area contributed by atoms with Gasteiger partial charge in [-0.15, -0.1) is 0 Å². The summed E-state index contributed by atoms with van der Waals surface area (Å²) in [7, 11) is 1.76. The highest BCUT2D eigenvalue weighted by atomic mass is 16.6. The lowest BCUT2D eigenvalue weighted by Gasteiger charge is -2.34. The Morgan fingerprint density at radius 2 is 1.98 bits per heavy atom. The van der Waals surface area contributed by atoms with Crippen LogP contribution in [0.4, 0.5) is 0 Å². The highest BCUT2D eigenvalue weighted by Gasteiger charge is 2.54. The van der Waals surface area contributed by atoms with Gasteiger partial charge < -0.3 is 39.8 Å². The maximum atomic E-state index is 12.8. The summed E-state index contributed by atoms with van der Waals surface area (Å²) in [6.07, 6.45) is 9.40. The number of hydrogen-bond donors (Lipinski definition) is 4. The Kier molecular flexibility index (Phi) is 13.2. The van der Waals surface area contributed by atoms with Crippen molar-refractivity contribution in [2.75, 3.05) is 20.2 Å². The average molecular weight is 621 g/mol. The fraction of sp³-hybridized carbons (Fsp3) is 0.765. The van der Waals surface area contributed by atoms with E-state index in [0.717, 1.165) is 31.5 Å². The van der Waals surface area contributed by atoms with Crippen molar-refractivity contribution in [3.8, 4) is 0 Å². The zero-order valence-electron chi connectivity index (χ0n) is 27.9. The van der Waals surface area contributed by atoms with Crippen molar-refractivity contribution in [2.45, 2.75) is 134 Å². The van der Waals surface area contributed by atoms with Gasteiger partial charge in [-0.3, -0.25) is 9.59 Å². The Morgan fingerprint density at radius 1 is 1.25 bits per heavy atom. The molecule has 3 heterocycles. The molecule has 250 valence electrons. The summed E-state index contributed by atoms with van der Waals surface area (Å²) in [5.74, 6) is -1.04. The van der Waals surface area contributed by atoms with Crippen LogP contribution in [-0.4, -0.2) is 96.2 Å². The van der Waals surface area contributed by atoms with Gasteiger partial charge in [0.2, 0.25) is 0 Å². The van der Waals surface area contributed by atoms with Crippen LogP contribution in [0.3, 0.4) is 0 Å². The largest absolute Gasteiger partial charge is 0.457 e. The molecule has 0 aromatic carbocycles. The van der Waals surface area contributed by atoms with Crippen molar-refractivity contribution in [3.63, 3.8) is 0 Å². The molecule has 2 saturated heterocycles. The maximum Gasteiger partial charge on any atom is 0.309 e. The highest BCUT2D eigenvalue weighted by Crippen LogP contribution is 2.39. The van der Waals surface area contributed by atoms with E-state index in [1.807, 2.05) is 32.1 Å². The number of aliphatic hydroxyl groups excluding tert-OH is 1. The van der Waals surface area contributed by atoms with Crippen LogP contribution in [0.25, 0.3) is 0 Å². The number of hydrogen-bond acceptors (Lipinski definition) is 10. The van der Waals surface area contributed by atoms with Crippen molar-refractivity contribution < 1.29 is 38.7 Å². The average Bonchev–Trinajstić information content (AvgIpc) is 3.76. The number of esters is 2. The van der Waals surface area contributed by atoms with E-state index in [1.54, 1.807) is 20.1 Å². The Hall–Kier alpha value is -2.08. The number of aliphatic hydroxyl groups is 2. The van der Waals surface area contributed by atoms with E-state index in [0.29, 0.717) is 0 Å². The predicted octanol–water partition coefficient (Wildman–Crippen LogP) is 3.36. The summed E-state index contributed by atoms with van der Waals surface area (Å²) < 4.78 is 23.3. The molecule has 2 unspecified atom stereocenters. The quantitative estimate of drug-likeness (QED) is 0.131. The van der Waals surface area contributed by atoms with Gasteiger partial charge in [-0.05, 0) is 71.2 Å². The van der Waals surface area contributed by atoms with Crippen LogP contribution in [-0.2, 0) is 28.5 Å². The topological polar surface area (TPSA) is 139 Å².